The van der Waals surface area contributed by atoms with Crippen LogP contribution in [0, 0.1) is 10.1 Å². The van der Waals surface area contributed by atoms with Gasteiger partial charge in [-0.1, -0.05) is 17.7 Å². The van der Waals surface area contributed by atoms with Gasteiger partial charge in [0.05, 0.1) is 16.8 Å². The van der Waals surface area contributed by atoms with Crippen molar-refractivity contribution < 1.29 is 9.72 Å². The zero-order valence-electron chi connectivity index (χ0n) is 10.6. The average Bonchev–Trinajstić information content (AvgIpc) is 2.38. The van der Waals surface area contributed by atoms with Gasteiger partial charge in [0.15, 0.2) is 0 Å². The summed E-state index contributed by atoms with van der Waals surface area (Å²) in [7, 11) is 0.389. The van der Waals surface area contributed by atoms with E-state index in [-0.39, 0.29) is 16.5 Å². The summed E-state index contributed by atoms with van der Waals surface area (Å²) in [5.41, 5.74) is 6.69. The maximum atomic E-state index is 10.8. The van der Waals surface area contributed by atoms with Gasteiger partial charge in [0.2, 0.25) is 5.82 Å². The molecule has 1 aliphatic heterocycles. The Kier molecular flexibility index (Phi) is 4.36. The second-order valence-electron chi connectivity index (χ2n) is 4.39. The number of nitro groups is 1. The van der Waals surface area contributed by atoms with Crippen molar-refractivity contribution in [2.24, 2.45) is 0 Å². The summed E-state index contributed by atoms with van der Waals surface area (Å²) in [4.78, 5) is 26.6. The molecule has 0 aromatic carbocycles. The first kappa shape index (κ1) is 14.5. The number of hydrogen-bond donors (Lipinski definition) is 1. The number of nitrogens with zero attached hydrogens (tertiary/aromatic N) is 3. The number of anilines is 1. The molecule has 0 atom stereocenters. The minimum atomic E-state index is -0.643. The third-order valence-corrected chi connectivity index (χ3v) is 3.40. The fraction of sp³-hybridized carbons (Fsp3) is 0.273. The summed E-state index contributed by atoms with van der Waals surface area (Å²) < 4.78 is 0. The highest BCUT2D eigenvalue weighted by atomic mass is 35.5. The molecule has 0 saturated carbocycles. The SMILES string of the molecule is Nc1nc(C2=CCN(BC=O)CC2)cc(Cl)c1[N+](=O)[O-]. The summed E-state index contributed by atoms with van der Waals surface area (Å²) in [5, 5.41) is 10.8. The first-order valence-corrected chi connectivity index (χ1v) is 6.36. The molecule has 0 fully saturated rings. The lowest BCUT2D eigenvalue weighted by molar-refractivity contribution is -0.384. The molecule has 0 saturated heterocycles. The molecule has 2 heterocycles. The average molecular weight is 295 g/mol. The minimum Gasteiger partial charge on any atom is -0.378 e. The Hall–Kier alpha value is -1.93. The number of halogens is 1. The number of rotatable bonds is 4. The van der Waals surface area contributed by atoms with Gasteiger partial charge < -0.3 is 15.3 Å². The summed E-state index contributed by atoms with van der Waals surface area (Å²) in [6.07, 6.45) is 3.48. The first-order chi connectivity index (χ1) is 9.52. The van der Waals surface area contributed by atoms with Crippen LogP contribution in [-0.4, -0.2) is 41.4 Å². The Morgan fingerprint density at radius 1 is 1.60 bits per heavy atom. The monoisotopic (exact) mass is 294 g/mol. The van der Waals surface area contributed by atoms with E-state index >= 15 is 0 Å². The van der Waals surface area contributed by atoms with Crippen molar-refractivity contribution in [1.82, 2.24) is 9.79 Å². The van der Waals surface area contributed by atoms with Gasteiger partial charge in [0.1, 0.15) is 5.02 Å². The van der Waals surface area contributed by atoms with Gasteiger partial charge in [0, 0.05) is 6.54 Å². The number of aromatic nitrogens is 1. The third kappa shape index (κ3) is 2.97. The zero-order chi connectivity index (χ0) is 14.7. The molecule has 0 bridgehead atoms. The smallest absolute Gasteiger partial charge is 0.329 e. The topological polar surface area (TPSA) is 102 Å². The second kappa shape index (κ2) is 6.02. The van der Waals surface area contributed by atoms with Crippen molar-refractivity contribution in [3.8, 4) is 0 Å². The van der Waals surface area contributed by atoms with Crippen LogP contribution in [0.5, 0.6) is 0 Å². The molecular formula is C11H12BClN4O3. The molecule has 0 radical (unpaired) electrons. The number of carbonyl (C=O) groups excluding carboxylic acids is 1. The van der Waals surface area contributed by atoms with Crippen molar-refractivity contribution >= 4 is 42.3 Å². The molecule has 2 rings (SSSR count). The Morgan fingerprint density at radius 3 is 2.85 bits per heavy atom. The van der Waals surface area contributed by atoms with E-state index in [1.54, 1.807) is 0 Å². The van der Waals surface area contributed by atoms with E-state index in [1.807, 2.05) is 10.9 Å². The molecule has 0 amide bonds. The lowest BCUT2D eigenvalue weighted by Gasteiger charge is -2.23. The molecule has 9 heteroatoms. The van der Waals surface area contributed by atoms with Crippen molar-refractivity contribution in [3.63, 3.8) is 0 Å². The molecule has 20 heavy (non-hydrogen) atoms. The maximum Gasteiger partial charge on any atom is 0.329 e. The van der Waals surface area contributed by atoms with Crippen LogP contribution in [0.15, 0.2) is 12.1 Å². The predicted octanol–water partition coefficient (Wildman–Crippen LogP) is 0.856. The van der Waals surface area contributed by atoms with E-state index in [2.05, 4.69) is 4.98 Å². The summed E-state index contributed by atoms with van der Waals surface area (Å²) in [6.45, 7) is 1.35. The van der Waals surface area contributed by atoms with E-state index in [9.17, 15) is 14.9 Å². The molecule has 0 spiro atoms. The van der Waals surface area contributed by atoms with Crippen molar-refractivity contribution in [2.75, 3.05) is 18.8 Å². The zero-order valence-corrected chi connectivity index (χ0v) is 11.3. The van der Waals surface area contributed by atoms with Crippen molar-refractivity contribution in [2.45, 2.75) is 6.42 Å². The van der Waals surface area contributed by atoms with Crippen LogP contribution in [0.25, 0.3) is 5.57 Å². The highest BCUT2D eigenvalue weighted by Gasteiger charge is 2.22. The lowest BCUT2D eigenvalue weighted by atomic mass is 9.90. The van der Waals surface area contributed by atoms with Gasteiger partial charge in [-0.05, 0) is 24.6 Å². The van der Waals surface area contributed by atoms with E-state index in [4.69, 9.17) is 17.3 Å². The third-order valence-electron chi connectivity index (χ3n) is 3.11. The van der Waals surface area contributed by atoms with E-state index in [0.29, 0.717) is 26.1 Å². The van der Waals surface area contributed by atoms with Crippen LogP contribution in [0.3, 0.4) is 0 Å². The Bertz CT molecular complexity index is 570. The molecule has 0 unspecified atom stereocenters. The normalized spacial score (nSPS) is 15.6. The van der Waals surface area contributed by atoms with E-state index in [0.717, 1.165) is 18.3 Å². The number of carbonyl (C=O) groups is 1. The Morgan fingerprint density at radius 2 is 2.35 bits per heavy atom. The second-order valence-corrected chi connectivity index (χ2v) is 4.79. The van der Waals surface area contributed by atoms with Crippen LogP contribution >= 0.6 is 11.6 Å². The molecule has 1 aliphatic rings. The van der Waals surface area contributed by atoms with Gasteiger partial charge in [-0.25, -0.2) is 4.98 Å². The van der Waals surface area contributed by atoms with Crippen molar-refractivity contribution in [1.29, 1.82) is 0 Å². The molecular weight excluding hydrogens is 282 g/mol. The molecule has 2 N–H and O–H groups in total. The van der Waals surface area contributed by atoms with Gasteiger partial charge in [0.25, 0.3) is 7.41 Å². The quantitative estimate of drug-likeness (QED) is 0.382. The van der Waals surface area contributed by atoms with Crippen LogP contribution in [0.4, 0.5) is 11.5 Å². The summed E-state index contributed by atoms with van der Waals surface area (Å²) >= 11 is 5.88. The van der Waals surface area contributed by atoms with Gasteiger partial charge >= 0.3 is 5.69 Å². The summed E-state index contributed by atoms with van der Waals surface area (Å²) in [5.74, 6) is -0.186. The van der Waals surface area contributed by atoms with Gasteiger partial charge in [-0.3, -0.25) is 10.1 Å². The lowest BCUT2D eigenvalue weighted by Crippen LogP contribution is -2.33. The van der Waals surface area contributed by atoms with Crippen LogP contribution in [0.1, 0.15) is 12.1 Å². The van der Waals surface area contributed by atoms with E-state index in [1.165, 1.54) is 6.07 Å². The molecule has 1 aromatic rings. The van der Waals surface area contributed by atoms with Crippen LogP contribution in [0.2, 0.25) is 5.02 Å². The summed E-state index contributed by atoms with van der Waals surface area (Å²) in [6, 6.07) is 1.46. The largest absolute Gasteiger partial charge is 0.378 e. The van der Waals surface area contributed by atoms with Crippen LogP contribution in [-0.2, 0) is 4.79 Å². The Balaban J connectivity index is 2.27. The number of nitrogen functional groups attached to an aromatic ring is 1. The number of nitrogens with two attached hydrogens (primary N) is 1. The molecule has 104 valence electrons. The molecule has 7 nitrogen and oxygen atoms in total. The highest BCUT2D eigenvalue weighted by Crippen LogP contribution is 2.32. The van der Waals surface area contributed by atoms with Gasteiger partial charge in [-0.15, -0.1) is 0 Å². The van der Waals surface area contributed by atoms with Crippen molar-refractivity contribution in [3.05, 3.63) is 33.0 Å². The molecule has 1 aromatic heterocycles. The van der Waals surface area contributed by atoms with Gasteiger partial charge in [-0.2, -0.15) is 0 Å². The minimum absolute atomic E-state index is 0.0197. The van der Waals surface area contributed by atoms with Crippen LogP contribution < -0.4 is 5.73 Å². The number of pyridine rings is 1. The molecule has 0 aliphatic carbocycles. The predicted molar refractivity (Wildman–Crippen MR) is 78.4 cm³/mol. The standard InChI is InChI=1S/C11H12BClN4O3/c13-8-5-9(15-11(14)10(8)17(19)20)7-1-3-16(4-2-7)12-6-18/h1,5-6,12H,2-4H2,(H2,14,15). The fourth-order valence-corrected chi connectivity index (χ4v) is 2.36. The number of hydrogen-bond acceptors (Lipinski definition) is 6. The van der Waals surface area contributed by atoms with E-state index < -0.39 is 4.92 Å². The maximum absolute atomic E-state index is 10.8. The first-order valence-electron chi connectivity index (χ1n) is 5.98. The highest BCUT2D eigenvalue weighted by molar-refractivity contribution is 6.64. The Labute approximate surface area is 120 Å². The fourth-order valence-electron chi connectivity index (χ4n) is 2.09.